The Morgan fingerprint density at radius 1 is 1.32 bits per heavy atom. The number of amides is 3. The zero-order valence-corrected chi connectivity index (χ0v) is 11.5. The average Bonchev–Trinajstić information content (AvgIpc) is 2.38. The summed E-state index contributed by atoms with van der Waals surface area (Å²) >= 11 is 3.48. The maximum Gasteiger partial charge on any atom is 0.328 e. The number of imide groups is 1. The summed E-state index contributed by atoms with van der Waals surface area (Å²) < 4.78 is 0.873. The van der Waals surface area contributed by atoms with Gasteiger partial charge in [-0.2, -0.15) is 0 Å². The number of halogens is 1. The molecule has 0 bridgehead atoms. The lowest BCUT2D eigenvalue weighted by Crippen LogP contribution is -2.49. The van der Waals surface area contributed by atoms with E-state index in [1.807, 2.05) is 18.2 Å². The van der Waals surface area contributed by atoms with Gasteiger partial charge < -0.3 is 0 Å². The molecule has 0 unspecified atom stereocenters. The lowest BCUT2D eigenvalue weighted by Gasteiger charge is -2.27. The molecule has 1 aliphatic heterocycles. The first kappa shape index (κ1) is 12.1. The Balaban J connectivity index is 2.06. The van der Waals surface area contributed by atoms with Crippen LogP contribution in [0, 0.1) is 0 Å². The summed E-state index contributed by atoms with van der Waals surface area (Å²) in [4.78, 5) is 28.6. The lowest BCUT2D eigenvalue weighted by atomic mass is 10.1. The number of pyridine rings is 1. The first-order valence-electron chi connectivity index (χ1n) is 5.80. The molecule has 6 heteroatoms. The number of carbonyl (C=O) groups is 2. The molecule has 0 radical (unpaired) electrons. The van der Waals surface area contributed by atoms with Crippen molar-refractivity contribution in [3.63, 3.8) is 0 Å². The summed E-state index contributed by atoms with van der Waals surface area (Å²) in [5, 5.41) is 4.29. The van der Waals surface area contributed by atoms with Gasteiger partial charge >= 0.3 is 6.03 Å². The second-order valence-corrected chi connectivity index (χ2v) is 5.13. The highest BCUT2D eigenvalue weighted by atomic mass is 79.9. The molecule has 2 heterocycles. The molecule has 0 spiro atoms. The highest BCUT2D eigenvalue weighted by Gasteiger charge is 2.24. The van der Waals surface area contributed by atoms with Crippen molar-refractivity contribution in [3.05, 3.63) is 35.1 Å². The second kappa shape index (κ2) is 4.62. The van der Waals surface area contributed by atoms with Crippen LogP contribution >= 0.6 is 15.9 Å². The number of hydrogen-bond donors (Lipinski definition) is 1. The summed E-state index contributed by atoms with van der Waals surface area (Å²) in [6.45, 7) is 0.397. The maximum absolute atomic E-state index is 11.8. The normalized spacial score (nSPS) is 15.7. The van der Waals surface area contributed by atoms with Crippen molar-refractivity contribution in [3.8, 4) is 0 Å². The fraction of sp³-hybridized carbons (Fsp3) is 0.154. The molecule has 1 N–H and O–H groups in total. The first-order chi connectivity index (χ1) is 9.15. The van der Waals surface area contributed by atoms with Crippen LogP contribution in [0.1, 0.15) is 6.42 Å². The van der Waals surface area contributed by atoms with Crippen molar-refractivity contribution in [1.82, 2.24) is 10.3 Å². The summed E-state index contributed by atoms with van der Waals surface area (Å²) in [6.07, 6.45) is 3.79. The van der Waals surface area contributed by atoms with E-state index in [9.17, 15) is 9.59 Å². The fourth-order valence-electron chi connectivity index (χ4n) is 2.11. The highest BCUT2D eigenvalue weighted by molar-refractivity contribution is 9.10. The van der Waals surface area contributed by atoms with E-state index >= 15 is 0 Å². The van der Waals surface area contributed by atoms with Gasteiger partial charge in [0.15, 0.2) is 0 Å². The van der Waals surface area contributed by atoms with E-state index in [1.165, 1.54) is 0 Å². The zero-order valence-electron chi connectivity index (χ0n) is 9.89. The number of benzene rings is 1. The van der Waals surface area contributed by atoms with E-state index in [0.29, 0.717) is 13.0 Å². The zero-order chi connectivity index (χ0) is 13.4. The molecule has 1 saturated heterocycles. The number of nitrogens with one attached hydrogen (secondary N) is 1. The minimum atomic E-state index is -0.378. The highest BCUT2D eigenvalue weighted by Crippen LogP contribution is 2.30. The van der Waals surface area contributed by atoms with E-state index in [4.69, 9.17) is 0 Å². The van der Waals surface area contributed by atoms with Crippen LogP contribution in [0.15, 0.2) is 35.1 Å². The SMILES string of the molecule is O=C1CCN(c2cc(Br)c3cnccc3c2)C(=O)N1. The van der Waals surface area contributed by atoms with Gasteiger partial charge in [0.1, 0.15) is 0 Å². The molecular formula is C13H10BrN3O2. The molecule has 3 amide bonds. The number of urea groups is 1. The molecule has 19 heavy (non-hydrogen) atoms. The van der Waals surface area contributed by atoms with Gasteiger partial charge in [0.25, 0.3) is 0 Å². The molecule has 1 aromatic heterocycles. The number of fused-ring (bicyclic) bond motifs is 1. The molecular weight excluding hydrogens is 310 g/mol. The summed E-state index contributed by atoms with van der Waals surface area (Å²) in [6, 6.07) is 5.28. The van der Waals surface area contributed by atoms with Crippen molar-refractivity contribution in [1.29, 1.82) is 0 Å². The van der Waals surface area contributed by atoms with Gasteiger partial charge in [-0.1, -0.05) is 15.9 Å². The van der Waals surface area contributed by atoms with Crippen molar-refractivity contribution in [2.24, 2.45) is 0 Å². The standard InChI is InChI=1S/C13H10BrN3O2/c14-11-6-9(5-8-1-3-15-7-10(8)11)17-4-2-12(18)16-13(17)19/h1,3,5-7H,2,4H2,(H,16,18,19). The molecule has 0 aliphatic carbocycles. The van der Waals surface area contributed by atoms with Gasteiger partial charge in [0, 0.05) is 40.9 Å². The summed E-state index contributed by atoms with van der Waals surface area (Å²) in [5.41, 5.74) is 0.760. The minimum Gasteiger partial charge on any atom is -0.294 e. The van der Waals surface area contributed by atoms with Gasteiger partial charge in [-0.05, 0) is 23.6 Å². The molecule has 1 fully saturated rings. The van der Waals surface area contributed by atoms with Crippen LogP contribution in [0.2, 0.25) is 0 Å². The van der Waals surface area contributed by atoms with Crippen molar-refractivity contribution >= 4 is 44.3 Å². The number of carbonyl (C=O) groups excluding carboxylic acids is 2. The smallest absolute Gasteiger partial charge is 0.294 e. The van der Waals surface area contributed by atoms with E-state index in [-0.39, 0.29) is 11.9 Å². The van der Waals surface area contributed by atoms with Crippen LogP contribution in [0.4, 0.5) is 10.5 Å². The molecule has 0 atom stereocenters. The Hall–Kier alpha value is -1.95. The van der Waals surface area contributed by atoms with E-state index in [1.54, 1.807) is 17.3 Å². The largest absolute Gasteiger partial charge is 0.328 e. The van der Waals surface area contributed by atoms with E-state index < -0.39 is 0 Å². The second-order valence-electron chi connectivity index (χ2n) is 4.28. The minimum absolute atomic E-state index is 0.231. The number of rotatable bonds is 1. The third-order valence-electron chi connectivity index (χ3n) is 3.06. The quantitative estimate of drug-likeness (QED) is 0.878. The Morgan fingerprint density at radius 3 is 2.95 bits per heavy atom. The number of hydrogen-bond acceptors (Lipinski definition) is 3. The van der Waals surface area contributed by atoms with Crippen LogP contribution in [-0.4, -0.2) is 23.5 Å². The first-order valence-corrected chi connectivity index (χ1v) is 6.59. The molecule has 1 aromatic carbocycles. The van der Waals surface area contributed by atoms with Crippen LogP contribution in [0.5, 0.6) is 0 Å². The van der Waals surface area contributed by atoms with Crippen LogP contribution in [0.3, 0.4) is 0 Å². The molecule has 5 nitrogen and oxygen atoms in total. The third-order valence-corrected chi connectivity index (χ3v) is 3.71. The van der Waals surface area contributed by atoms with Gasteiger partial charge in [0.2, 0.25) is 5.91 Å². The van der Waals surface area contributed by atoms with Crippen LogP contribution in [0.25, 0.3) is 10.8 Å². The lowest BCUT2D eigenvalue weighted by molar-refractivity contribution is -0.120. The van der Waals surface area contributed by atoms with Crippen molar-refractivity contribution in [2.75, 3.05) is 11.4 Å². The predicted molar refractivity (Wildman–Crippen MR) is 74.9 cm³/mol. The van der Waals surface area contributed by atoms with Gasteiger partial charge in [-0.25, -0.2) is 4.79 Å². The molecule has 2 aromatic rings. The molecule has 96 valence electrons. The van der Waals surface area contributed by atoms with Gasteiger partial charge in [-0.3, -0.25) is 20.0 Å². The van der Waals surface area contributed by atoms with E-state index in [2.05, 4.69) is 26.2 Å². The summed E-state index contributed by atoms with van der Waals surface area (Å²) in [5.74, 6) is -0.231. The molecule has 0 saturated carbocycles. The van der Waals surface area contributed by atoms with Gasteiger partial charge in [0.05, 0.1) is 0 Å². The third kappa shape index (κ3) is 2.19. The number of nitrogens with zero attached hydrogens (tertiary/aromatic N) is 2. The van der Waals surface area contributed by atoms with Crippen LogP contribution in [-0.2, 0) is 4.79 Å². The average molecular weight is 320 g/mol. The summed E-state index contributed by atoms with van der Waals surface area (Å²) in [7, 11) is 0. The Bertz CT molecular complexity index is 687. The Kier molecular flexibility index (Phi) is 2.94. The monoisotopic (exact) mass is 319 g/mol. The van der Waals surface area contributed by atoms with Gasteiger partial charge in [-0.15, -0.1) is 0 Å². The Morgan fingerprint density at radius 2 is 2.16 bits per heavy atom. The van der Waals surface area contributed by atoms with Crippen molar-refractivity contribution in [2.45, 2.75) is 6.42 Å². The number of aromatic nitrogens is 1. The molecule has 3 rings (SSSR count). The molecule has 1 aliphatic rings. The number of anilines is 1. The van der Waals surface area contributed by atoms with E-state index in [0.717, 1.165) is 20.9 Å². The van der Waals surface area contributed by atoms with Crippen molar-refractivity contribution < 1.29 is 9.59 Å². The predicted octanol–water partition coefficient (Wildman–Crippen LogP) is 2.44. The fourth-order valence-corrected chi connectivity index (χ4v) is 2.67. The van der Waals surface area contributed by atoms with Crippen LogP contribution < -0.4 is 10.2 Å². The Labute approximate surface area is 117 Å². The maximum atomic E-state index is 11.8. The topological polar surface area (TPSA) is 62.3 Å².